The largest absolute Gasteiger partial charge is 0.310 e. The van der Waals surface area contributed by atoms with Crippen molar-refractivity contribution in [1.82, 2.24) is 4.57 Å². The second-order valence-electron chi connectivity index (χ2n) is 9.77. The van der Waals surface area contributed by atoms with E-state index in [4.69, 9.17) is 0 Å². The van der Waals surface area contributed by atoms with Gasteiger partial charge >= 0.3 is 0 Å². The van der Waals surface area contributed by atoms with Crippen molar-refractivity contribution in [1.29, 1.82) is 0 Å². The molecule has 7 rings (SSSR count). The highest BCUT2D eigenvalue weighted by atomic mass is 79.9. The molecule has 0 bridgehead atoms. The summed E-state index contributed by atoms with van der Waals surface area (Å²) in [6.45, 7) is 0. The fourth-order valence-electron chi connectivity index (χ4n) is 5.50. The van der Waals surface area contributed by atoms with Gasteiger partial charge in [-0.1, -0.05) is 82.7 Å². The van der Waals surface area contributed by atoms with Gasteiger partial charge in [-0.2, -0.15) is 0 Å². The number of halogens is 2. The zero-order valence-electron chi connectivity index (χ0n) is 21.5. The van der Waals surface area contributed by atoms with E-state index in [0.717, 1.165) is 49.0 Å². The number of aromatic nitrogens is 1. The highest BCUT2D eigenvalue weighted by molar-refractivity contribution is 9.10. The van der Waals surface area contributed by atoms with E-state index in [1.54, 1.807) is 12.1 Å². The summed E-state index contributed by atoms with van der Waals surface area (Å²) in [5.41, 5.74) is 8.38. The zero-order chi connectivity index (χ0) is 27.1. The molecule has 0 N–H and O–H groups in total. The zero-order valence-corrected chi connectivity index (χ0v) is 23.1. The van der Waals surface area contributed by atoms with Gasteiger partial charge in [0.05, 0.1) is 11.0 Å². The van der Waals surface area contributed by atoms with Crippen molar-refractivity contribution in [2.45, 2.75) is 0 Å². The number of nitrogens with zero attached hydrogens (tertiary/aromatic N) is 2. The molecule has 0 spiro atoms. The molecule has 0 fully saturated rings. The first kappa shape index (κ1) is 24.4. The number of rotatable bonds is 5. The van der Waals surface area contributed by atoms with Gasteiger partial charge in [0.2, 0.25) is 0 Å². The average molecular weight is 584 g/mol. The van der Waals surface area contributed by atoms with Gasteiger partial charge < -0.3 is 9.47 Å². The normalized spacial score (nSPS) is 11.2. The Labute approximate surface area is 240 Å². The van der Waals surface area contributed by atoms with Gasteiger partial charge in [0.25, 0.3) is 0 Å². The molecule has 192 valence electrons. The van der Waals surface area contributed by atoms with E-state index in [-0.39, 0.29) is 5.82 Å². The maximum Gasteiger partial charge on any atom is 0.125 e. The molecule has 0 aliphatic heterocycles. The molecule has 0 unspecified atom stereocenters. The summed E-state index contributed by atoms with van der Waals surface area (Å²) in [5.74, 6) is -0.265. The average Bonchev–Trinajstić information content (AvgIpc) is 3.31. The predicted molar refractivity (Wildman–Crippen MR) is 169 cm³/mol. The summed E-state index contributed by atoms with van der Waals surface area (Å²) in [6, 6.07) is 48.9. The summed E-state index contributed by atoms with van der Waals surface area (Å²) in [6.07, 6.45) is 0. The van der Waals surface area contributed by atoms with Gasteiger partial charge in [0.1, 0.15) is 5.82 Å². The van der Waals surface area contributed by atoms with E-state index in [9.17, 15) is 4.39 Å². The third-order valence-electron chi connectivity index (χ3n) is 7.26. The molecule has 0 aliphatic rings. The van der Waals surface area contributed by atoms with Crippen molar-refractivity contribution in [3.8, 4) is 16.8 Å². The molecule has 0 saturated carbocycles. The fourth-order valence-corrected chi connectivity index (χ4v) is 5.86. The van der Waals surface area contributed by atoms with E-state index in [2.05, 4.69) is 110 Å². The Morgan fingerprint density at radius 2 is 1.12 bits per heavy atom. The molecule has 0 saturated heterocycles. The Bertz CT molecular complexity index is 1980. The predicted octanol–water partition coefficient (Wildman–Crippen LogP) is 10.8. The van der Waals surface area contributed by atoms with Crippen LogP contribution < -0.4 is 4.90 Å². The van der Waals surface area contributed by atoms with Gasteiger partial charge in [0.15, 0.2) is 0 Å². The number of para-hydroxylation sites is 1. The third-order valence-corrected chi connectivity index (χ3v) is 7.75. The summed E-state index contributed by atoms with van der Waals surface area (Å²) < 4.78 is 17.7. The first-order valence-electron chi connectivity index (χ1n) is 13.2. The molecule has 4 heteroatoms. The van der Waals surface area contributed by atoms with Crippen LogP contribution in [0.2, 0.25) is 0 Å². The summed E-state index contributed by atoms with van der Waals surface area (Å²) >= 11 is 3.69. The van der Waals surface area contributed by atoms with Crippen molar-refractivity contribution in [3.05, 3.63) is 156 Å². The van der Waals surface area contributed by atoms with Gasteiger partial charge in [-0.05, 0) is 90.0 Å². The number of hydrogen-bond donors (Lipinski definition) is 0. The first-order valence-corrected chi connectivity index (χ1v) is 14.0. The minimum atomic E-state index is -0.265. The molecule has 0 radical (unpaired) electrons. The second-order valence-corrected chi connectivity index (χ2v) is 10.7. The molecule has 0 aliphatic carbocycles. The van der Waals surface area contributed by atoms with Gasteiger partial charge in [-0.15, -0.1) is 0 Å². The molecule has 1 aromatic heterocycles. The Morgan fingerprint density at radius 3 is 1.90 bits per heavy atom. The Hall–Kier alpha value is -4.67. The van der Waals surface area contributed by atoms with Crippen LogP contribution in [0.4, 0.5) is 21.5 Å². The van der Waals surface area contributed by atoms with E-state index >= 15 is 0 Å². The number of hydrogen-bond acceptors (Lipinski definition) is 1. The van der Waals surface area contributed by atoms with Crippen molar-refractivity contribution in [3.63, 3.8) is 0 Å². The Morgan fingerprint density at radius 1 is 0.500 bits per heavy atom. The monoisotopic (exact) mass is 582 g/mol. The molecular formula is C36H24BrFN2. The number of anilines is 3. The maximum absolute atomic E-state index is 14.4. The smallest absolute Gasteiger partial charge is 0.125 e. The molecular weight excluding hydrogens is 559 g/mol. The SMILES string of the molecule is Fc1cccc(N(c2ccccc2)c2ccc3c(c2)c2cc(Br)ccc2n3-c2cccc(-c3ccccc3)c2)c1. The van der Waals surface area contributed by atoms with Crippen LogP contribution in [-0.4, -0.2) is 4.57 Å². The van der Waals surface area contributed by atoms with Crippen molar-refractivity contribution >= 4 is 54.8 Å². The topological polar surface area (TPSA) is 8.17 Å². The number of fused-ring (bicyclic) bond motifs is 3. The fraction of sp³-hybridized carbons (Fsp3) is 0. The van der Waals surface area contributed by atoms with Crippen molar-refractivity contribution in [2.24, 2.45) is 0 Å². The first-order chi connectivity index (χ1) is 19.7. The van der Waals surface area contributed by atoms with Gasteiger partial charge in [-0.3, -0.25) is 0 Å². The Balaban J connectivity index is 1.46. The van der Waals surface area contributed by atoms with Crippen LogP contribution in [0.1, 0.15) is 0 Å². The van der Waals surface area contributed by atoms with E-state index in [1.807, 2.05) is 42.5 Å². The summed E-state index contributed by atoms with van der Waals surface area (Å²) in [4.78, 5) is 2.10. The number of benzene rings is 6. The third kappa shape index (κ3) is 4.37. The minimum Gasteiger partial charge on any atom is -0.310 e. The van der Waals surface area contributed by atoms with E-state index in [0.29, 0.717) is 0 Å². The van der Waals surface area contributed by atoms with Crippen LogP contribution in [0.5, 0.6) is 0 Å². The lowest BCUT2D eigenvalue weighted by Gasteiger charge is -2.25. The standard InChI is InChI=1S/C36H24BrFN2/c37-27-17-19-35-33(22-27)34-24-32(39(29-13-5-2-6-14-29)31-16-8-12-28(38)23-31)18-20-36(34)40(35)30-15-7-11-26(21-30)25-9-3-1-4-10-25/h1-24H. The second kappa shape index (κ2) is 10.1. The van der Waals surface area contributed by atoms with Crippen LogP contribution in [0.15, 0.2) is 150 Å². The van der Waals surface area contributed by atoms with Crippen LogP contribution >= 0.6 is 15.9 Å². The molecule has 0 amide bonds. The molecule has 40 heavy (non-hydrogen) atoms. The molecule has 0 atom stereocenters. The lowest BCUT2D eigenvalue weighted by molar-refractivity contribution is 0.628. The minimum absolute atomic E-state index is 0.265. The highest BCUT2D eigenvalue weighted by Gasteiger charge is 2.18. The maximum atomic E-state index is 14.4. The van der Waals surface area contributed by atoms with E-state index < -0.39 is 0 Å². The van der Waals surface area contributed by atoms with Crippen LogP contribution in [0, 0.1) is 5.82 Å². The lowest BCUT2D eigenvalue weighted by atomic mass is 10.1. The van der Waals surface area contributed by atoms with Crippen LogP contribution in [0.25, 0.3) is 38.6 Å². The summed E-state index contributed by atoms with van der Waals surface area (Å²) in [5, 5.41) is 2.26. The lowest BCUT2D eigenvalue weighted by Crippen LogP contribution is -2.10. The Kier molecular flexibility index (Phi) is 6.18. The quantitative estimate of drug-likeness (QED) is 0.196. The van der Waals surface area contributed by atoms with Gasteiger partial charge in [0, 0.05) is 38.0 Å². The highest BCUT2D eigenvalue weighted by Crippen LogP contribution is 2.40. The van der Waals surface area contributed by atoms with Crippen molar-refractivity contribution in [2.75, 3.05) is 4.90 Å². The van der Waals surface area contributed by atoms with Crippen molar-refractivity contribution < 1.29 is 4.39 Å². The summed E-state index contributed by atoms with van der Waals surface area (Å²) in [7, 11) is 0. The molecule has 2 nitrogen and oxygen atoms in total. The molecule has 6 aromatic carbocycles. The molecule has 1 heterocycles. The van der Waals surface area contributed by atoms with E-state index in [1.165, 1.54) is 17.2 Å². The molecule has 7 aromatic rings. The van der Waals surface area contributed by atoms with Gasteiger partial charge in [-0.25, -0.2) is 4.39 Å². The van der Waals surface area contributed by atoms with Crippen LogP contribution in [0.3, 0.4) is 0 Å². The van der Waals surface area contributed by atoms with Crippen LogP contribution in [-0.2, 0) is 0 Å².